The number of hydrogen-bond acceptors (Lipinski definition) is 5. The predicted molar refractivity (Wildman–Crippen MR) is 102 cm³/mol. The van der Waals surface area contributed by atoms with E-state index in [1.54, 1.807) is 11.8 Å². The number of carbonyl (C=O) groups is 1. The standard InChI is InChI=1S/C19H24N4OS/c1-13-9-17(23(2)3)22-19(21-13)25-12-15-5-4-6-16(10-15)18(24)20-11-14-7-8-14/h4-6,9-10,14H,7-8,11-12H2,1-3H3,(H,20,24). The number of rotatable bonds is 7. The highest BCUT2D eigenvalue weighted by Gasteiger charge is 2.21. The summed E-state index contributed by atoms with van der Waals surface area (Å²) in [6.07, 6.45) is 2.48. The molecule has 1 saturated carbocycles. The molecule has 1 amide bonds. The number of hydrogen-bond donors (Lipinski definition) is 1. The van der Waals surface area contributed by atoms with Crippen molar-refractivity contribution in [1.29, 1.82) is 0 Å². The van der Waals surface area contributed by atoms with Crippen molar-refractivity contribution in [2.45, 2.75) is 30.7 Å². The minimum atomic E-state index is 0.0143. The zero-order valence-electron chi connectivity index (χ0n) is 15.0. The summed E-state index contributed by atoms with van der Waals surface area (Å²) < 4.78 is 0. The van der Waals surface area contributed by atoms with Crippen LogP contribution in [0.1, 0.15) is 34.5 Å². The van der Waals surface area contributed by atoms with Crippen LogP contribution in [0.4, 0.5) is 5.82 Å². The van der Waals surface area contributed by atoms with E-state index in [-0.39, 0.29) is 5.91 Å². The van der Waals surface area contributed by atoms with Gasteiger partial charge >= 0.3 is 0 Å². The summed E-state index contributed by atoms with van der Waals surface area (Å²) in [6.45, 7) is 2.77. The van der Waals surface area contributed by atoms with E-state index in [4.69, 9.17) is 0 Å². The maximum absolute atomic E-state index is 12.2. The number of anilines is 1. The van der Waals surface area contributed by atoms with Crippen LogP contribution in [-0.2, 0) is 5.75 Å². The van der Waals surface area contributed by atoms with E-state index < -0.39 is 0 Å². The third kappa shape index (κ3) is 5.19. The average molecular weight is 356 g/mol. The zero-order chi connectivity index (χ0) is 17.8. The van der Waals surface area contributed by atoms with Crippen molar-refractivity contribution in [3.63, 3.8) is 0 Å². The smallest absolute Gasteiger partial charge is 0.251 e. The van der Waals surface area contributed by atoms with Crippen molar-refractivity contribution in [3.8, 4) is 0 Å². The minimum absolute atomic E-state index is 0.0143. The monoisotopic (exact) mass is 356 g/mol. The predicted octanol–water partition coefficient (Wildman–Crippen LogP) is 3.28. The number of thioether (sulfide) groups is 1. The SMILES string of the molecule is Cc1cc(N(C)C)nc(SCc2cccc(C(=O)NCC3CC3)c2)n1. The van der Waals surface area contributed by atoms with E-state index >= 15 is 0 Å². The first-order valence-electron chi connectivity index (χ1n) is 8.54. The van der Waals surface area contributed by atoms with Crippen LogP contribution in [0.15, 0.2) is 35.5 Å². The molecule has 0 spiro atoms. The van der Waals surface area contributed by atoms with Crippen molar-refractivity contribution in [3.05, 3.63) is 47.2 Å². The van der Waals surface area contributed by atoms with Gasteiger partial charge in [-0.15, -0.1) is 0 Å². The first-order valence-corrected chi connectivity index (χ1v) is 9.53. The Morgan fingerprint density at radius 3 is 2.80 bits per heavy atom. The quantitative estimate of drug-likeness (QED) is 0.609. The van der Waals surface area contributed by atoms with Gasteiger partial charge in [-0.25, -0.2) is 9.97 Å². The lowest BCUT2D eigenvalue weighted by Gasteiger charge is -2.13. The van der Waals surface area contributed by atoms with Crippen LogP contribution in [-0.4, -0.2) is 36.5 Å². The molecule has 5 nitrogen and oxygen atoms in total. The average Bonchev–Trinajstić information content (AvgIpc) is 3.42. The number of amides is 1. The number of nitrogens with zero attached hydrogens (tertiary/aromatic N) is 3. The van der Waals surface area contributed by atoms with Crippen LogP contribution in [0.2, 0.25) is 0 Å². The molecule has 6 heteroatoms. The molecule has 1 aliphatic rings. The van der Waals surface area contributed by atoms with E-state index in [0.717, 1.165) is 40.1 Å². The molecule has 1 aromatic heterocycles. The Hall–Kier alpha value is -2.08. The second-order valence-corrected chi connectivity index (χ2v) is 7.63. The fourth-order valence-corrected chi connectivity index (χ4v) is 3.27. The number of benzene rings is 1. The molecule has 25 heavy (non-hydrogen) atoms. The van der Waals surface area contributed by atoms with Gasteiger partial charge in [0.1, 0.15) is 5.82 Å². The fraction of sp³-hybridized carbons (Fsp3) is 0.421. The van der Waals surface area contributed by atoms with Gasteiger partial charge in [0.05, 0.1) is 0 Å². The topological polar surface area (TPSA) is 58.1 Å². The number of carbonyl (C=O) groups excluding carboxylic acids is 1. The summed E-state index contributed by atoms with van der Waals surface area (Å²) in [5.74, 6) is 2.34. The lowest BCUT2D eigenvalue weighted by molar-refractivity contribution is 0.0951. The van der Waals surface area contributed by atoms with Crippen LogP contribution >= 0.6 is 11.8 Å². The lowest BCUT2D eigenvalue weighted by atomic mass is 10.1. The molecule has 0 unspecified atom stereocenters. The van der Waals surface area contributed by atoms with Gasteiger partial charge < -0.3 is 10.2 Å². The Morgan fingerprint density at radius 2 is 2.08 bits per heavy atom. The first-order chi connectivity index (χ1) is 12.0. The minimum Gasteiger partial charge on any atom is -0.363 e. The third-order valence-corrected chi connectivity index (χ3v) is 5.00. The molecule has 1 aliphatic carbocycles. The fourth-order valence-electron chi connectivity index (χ4n) is 2.43. The van der Waals surface area contributed by atoms with Crippen LogP contribution < -0.4 is 10.2 Å². The van der Waals surface area contributed by atoms with Crippen molar-refractivity contribution in [2.75, 3.05) is 25.5 Å². The Kier molecular flexibility index (Phi) is 5.58. The zero-order valence-corrected chi connectivity index (χ0v) is 15.8. The van der Waals surface area contributed by atoms with Gasteiger partial charge in [-0.2, -0.15) is 0 Å². The number of aryl methyl sites for hydroxylation is 1. The summed E-state index contributed by atoms with van der Waals surface area (Å²) >= 11 is 1.59. The van der Waals surface area contributed by atoms with Crippen LogP contribution in [0.5, 0.6) is 0 Å². The van der Waals surface area contributed by atoms with E-state index in [0.29, 0.717) is 5.92 Å². The molecule has 0 saturated heterocycles. The van der Waals surface area contributed by atoms with Crippen LogP contribution in [0, 0.1) is 12.8 Å². The van der Waals surface area contributed by atoms with Crippen molar-refractivity contribution in [1.82, 2.24) is 15.3 Å². The van der Waals surface area contributed by atoms with Gasteiger partial charge in [0.2, 0.25) is 0 Å². The molecule has 2 aromatic rings. The molecule has 0 bridgehead atoms. The second kappa shape index (κ2) is 7.87. The maximum Gasteiger partial charge on any atom is 0.251 e. The molecule has 0 aliphatic heterocycles. The first kappa shape index (κ1) is 17.7. The summed E-state index contributed by atoms with van der Waals surface area (Å²) in [6, 6.07) is 9.76. The van der Waals surface area contributed by atoms with Crippen molar-refractivity contribution >= 4 is 23.5 Å². The van der Waals surface area contributed by atoms with Crippen molar-refractivity contribution < 1.29 is 4.79 Å². The highest BCUT2D eigenvalue weighted by molar-refractivity contribution is 7.98. The molecule has 1 aromatic carbocycles. The Morgan fingerprint density at radius 1 is 1.28 bits per heavy atom. The van der Waals surface area contributed by atoms with Crippen LogP contribution in [0.3, 0.4) is 0 Å². The van der Waals surface area contributed by atoms with Gasteiger partial charge in [-0.3, -0.25) is 4.79 Å². The maximum atomic E-state index is 12.2. The summed E-state index contributed by atoms with van der Waals surface area (Å²) in [7, 11) is 3.94. The number of aromatic nitrogens is 2. The van der Waals surface area contributed by atoms with E-state index in [2.05, 4.69) is 15.3 Å². The Labute approximate surface area is 153 Å². The molecule has 0 radical (unpaired) electrons. The molecular weight excluding hydrogens is 332 g/mol. The summed E-state index contributed by atoms with van der Waals surface area (Å²) in [5, 5.41) is 3.77. The summed E-state index contributed by atoms with van der Waals surface area (Å²) in [4.78, 5) is 23.2. The molecule has 0 atom stereocenters. The Balaban J connectivity index is 1.63. The van der Waals surface area contributed by atoms with E-state index in [1.807, 2.05) is 56.3 Å². The lowest BCUT2D eigenvalue weighted by Crippen LogP contribution is -2.25. The summed E-state index contributed by atoms with van der Waals surface area (Å²) in [5.41, 5.74) is 2.77. The van der Waals surface area contributed by atoms with E-state index in [9.17, 15) is 4.79 Å². The highest BCUT2D eigenvalue weighted by atomic mass is 32.2. The molecule has 132 valence electrons. The van der Waals surface area contributed by atoms with E-state index in [1.165, 1.54) is 12.8 Å². The van der Waals surface area contributed by atoms with Crippen LogP contribution in [0.25, 0.3) is 0 Å². The van der Waals surface area contributed by atoms with Gasteiger partial charge in [-0.05, 0) is 43.4 Å². The molecule has 3 rings (SSSR count). The molecule has 1 heterocycles. The largest absolute Gasteiger partial charge is 0.363 e. The molecule has 1 fully saturated rings. The third-order valence-electron chi connectivity index (χ3n) is 4.08. The Bertz CT molecular complexity index is 759. The highest BCUT2D eigenvalue weighted by Crippen LogP contribution is 2.27. The van der Waals surface area contributed by atoms with Gasteiger partial charge in [0.25, 0.3) is 5.91 Å². The normalized spacial score (nSPS) is 13.6. The second-order valence-electron chi connectivity index (χ2n) is 6.69. The van der Waals surface area contributed by atoms with Gasteiger partial charge in [0, 0.05) is 43.7 Å². The number of nitrogens with one attached hydrogen (secondary N) is 1. The molecular formula is C19H24N4OS. The molecule has 1 N–H and O–H groups in total. The van der Waals surface area contributed by atoms with Gasteiger partial charge in [0.15, 0.2) is 5.16 Å². The van der Waals surface area contributed by atoms with Gasteiger partial charge in [-0.1, -0.05) is 23.9 Å². The van der Waals surface area contributed by atoms with Crippen molar-refractivity contribution in [2.24, 2.45) is 5.92 Å².